The van der Waals surface area contributed by atoms with Crippen molar-refractivity contribution in [2.24, 2.45) is 0 Å². The standard InChI is InChI=1S/C14H20BrN3O2.HI/c1-18(9-10-19)7-5-17(6-8-18)14(20)16-13-4-2-3-12(15)11-13;/h2-4,11,19H,5-10H2,1H3;1H. The van der Waals surface area contributed by atoms with E-state index < -0.39 is 0 Å². The van der Waals surface area contributed by atoms with Gasteiger partial charge in [-0.05, 0) is 18.2 Å². The van der Waals surface area contributed by atoms with Crippen LogP contribution in [0.1, 0.15) is 0 Å². The van der Waals surface area contributed by atoms with Crippen LogP contribution in [0.15, 0.2) is 28.7 Å². The lowest BCUT2D eigenvalue weighted by Crippen LogP contribution is -3.00. The van der Waals surface area contributed by atoms with Crippen molar-refractivity contribution in [3.63, 3.8) is 0 Å². The summed E-state index contributed by atoms with van der Waals surface area (Å²) in [5.74, 6) is 0. The predicted molar refractivity (Wildman–Crippen MR) is 82.6 cm³/mol. The number of urea groups is 1. The lowest BCUT2D eigenvalue weighted by molar-refractivity contribution is -0.913. The van der Waals surface area contributed by atoms with E-state index in [0.717, 1.165) is 47.4 Å². The van der Waals surface area contributed by atoms with E-state index in [4.69, 9.17) is 5.11 Å². The maximum absolute atomic E-state index is 12.2. The van der Waals surface area contributed by atoms with Crippen LogP contribution in [0.3, 0.4) is 0 Å². The molecule has 2 amide bonds. The molecule has 0 bridgehead atoms. The minimum Gasteiger partial charge on any atom is -1.00 e. The average Bonchev–Trinajstić information content (AvgIpc) is 2.39. The van der Waals surface area contributed by atoms with Crippen molar-refractivity contribution < 1.29 is 38.4 Å². The second-order valence-corrected chi connectivity index (χ2v) is 6.36. The summed E-state index contributed by atoms with van der Waals surface area (Å²) in [5.41, 5.74) is 0.794. The van der Waals surface area contributed by atoms with Crippen LogP contribution in [0, 0.1) is 0 Å². The zero-order valence-electron chi connectivity index (χ0n) is 12.1. The Balaban J connectivity index is 0.00000220. The number of hydrogen-bond donors (Lipinski definition) is 2. The number of piperazine rings is 1. The Bertz CT molecular complexity index is 479. The Hall–Kier alpha value is -0.380. The number of aliphatic hydroxyl groups is 1. The number of anilines is 1. The largest absolute Gasteiger partial charge is 1.00 e. The highest BCUT2D eigenvalue weighted by Gasteiger charge is 2.30. The summed E-state index contributed by atoms with van der Waals surface area (Å²) in [7, 11) is 2.12. The highest BCUT2D eigenvalue weighted by molar-refractivity contribution is 9.10. The second kappa shape index (κ2) is 8.30. The number of carbonyl (C=O) groups is 1. The molecule has 0 aromatic heterocycles. The number of amides is 2. The van der Waals surface area contributed by atoms with Gasteiger partial charge in [0.2, 0.25) is 0 Å². The number of rotatable bonds is 3. The average molecular weight is 470 g/mol. The lowest BCUT2D eigenvalue weighted by atomic mass is 10.2. The second-order valence-electron chi connectivity index (χ2n) is 5.44. The summed E-state index contributed by atoms with van der Waals surface area (Å²) in [5, 5.41) is 12.0. The fourth-order valence-electron chi connectivity index (χ4n) is 2.38. The number of quaternary nitrogens is 1. The molecule has 21 heavy (non-hydrogen) atoms. The van der Waals surface area contributed by atoms with E-state index in [1.54, 1.807) is 0 Å². The Labute approximate surface area is 151 Å². The topological polar surface area (TPSA) is 52.6 Å². The van der Waals surface area contributed by atoms with Crippen LogP contribution in [0.2, 0.25) is 0 Å². The molecule has 5 nitrogen and oxygen atoms in total. The van der Waals surface area contributed by atoms with Crippen molar-refractivity contribution in [3.05, 3.63) is 28.7 Å². The highest BCUT2D eigenvalue weighted by atomic mass is 127. The number of likely N-dealkylation sites (N-methyl/N-ethyl adjacent to an activating group) is 1. The fourth-order valence-corrected chi connectivity index (χ4v) is 2.78. The molecule has 118 valence electrons. The molecular formula is C14H21BrIN3O2. The van der Waals surface area contributed by atoms with Crippen LogP contribution in [0.25, 0.3) is 0 Å². The van der Waals surface area contributed by atoms with Crippen molar-refractivity contribution in [1.82, 2.24) is 4.90 Å². The first-order chi connectivity index (χ1) is 9.52. The summed E-state index contributed by atoms with van der Waals surface area (Å²) in [6.07, 6.45) is 0. The van der Waals surface area contributed by atoms with Crippen LogP contribution in [0.4, 0.5) is 10.5 Å². The molecular weight excluding hydrogens is 449 g/mol. The number of hydrogen-bond acceptors (Lipinski definition) is 2. The SMILES string of the molecule is C[N+]1(CCO)CCN(C(=O)Nc2cccc(Br)c2)CC1.[I-]. The first-order valence-electron chi connectivity index (χ1n) is 6.78. The van der Waals surface area contributed by atoms with Gasteiger partial charge < -0.3 is 43.8 Å². The predicted octanol–water partition coefficient (Wildman–Crippen LogP) is -1.26. The van der Waals surface area contributed by atoms with Gasteiger partial charge in [0.15, 0.2) is 0 Å². The maximum Gasteiger partial charge on any atom is 0.322 e. The van der Waals surface area contributed by atoms with Gasteiger partial charge in [-0.1, -0.05) is 22.0 Å². The number of carbonyl (C=O) groups excluding carboxylic acids is 1. The zero-order valence-corrected chi connectivity index (χ0v) is 15.8. The minimum atomic E-state index is -0.0571. The third-order valence-corrected chi connectivity index (χ3v) is 4.32. The Morgan fingerprint density at radius 3 is 2.67 bits per heavy atom. The molecule has 0 radical (unpaired) electrons. The van der Waals surface area contributed by atoms with Crippen molar-refractivity contribution in [2.75, 3.05) is 51.7 Å². The number of benzene rings is 1. The monoisotopic (exact) mass is 469 g/mol. The molecule has 7 heteroatoms. The van der Waals surface area contributed by atoms with E-state index >= 15 is 0 Å². The van der Waals surface area contributed by atoms with Gasteiger partial charge in [0, 0.05) is 10.2 Å². The molecule has 0 saturated carbocycles. The van der Waals surface area contributed by atoms with Crippen molar-refractivity contribution >= 4 is 27.6 Å². The maximum atomic E-state index is 12.2. The van der Waals surface area contributed by atoms with Crippen LogP contribution in [-0.4, -0.2) is 66.9 Å². The molecule has 1 heterocycles. The Kier molecular flexibility index (Phi) is 7.38. The fraction of sp³-hybridized carbons (Fsp3) is 0.500. The summed E-state index contributed by atoms with van der Waals surface area (Å²) >= 11 is 3.39. The Morgan fingerprint density at radius 2 is 2.10 bits per heavy atom. The Morgan fingerprint density at radius 1 is 1.43 bits per heavy atom. The molecule has 0 spiro atoms. The van der Waals surface area contributed by atoms with Crippen LogP contribution >= 0.6 is 15.9 Å². The number of aliphatic hydroxyl groups excluding tert-OH is 1. The molecule has 0 aliphatic carbocycles. The van der Waals surface area contributed by atoms with Gasteiger partial charge >= 0.3 is 6.03 Å². The third kappa shape index (κ3) is 5.39. The highest BCUT2D eigenvalue weighted by Crippen LogP contribution is 2.17. The normalized spacial score (nSPS) is 17.0. The molecule has 1 aliphatic rings. The van der Waals surface area contributed by atoms with E-state index in [1.165, 1.54) is 0 Å². The molecule has 2 N–H and O–H groups in total. The summed E-state index contributed by atoms with van der Waals surface area (Å²) < 4.78 is 1.78. The van der Waals surface area contributed by atoms with Crippen molar-refractivity contribution in [2.45, 2.75) is 0 Å². The van der Waals surface area contributed by atoms with Crippen molar-refractivity contribution in [3.8, 4) is 0 Å². The molecule has 0 atom stereocenters. The van der Waals surface area contributed by atoms with Crippen LogP contribution in [0.5, 0.6) is 0 Å². The van der Waals surface area contributed by atoms with Crippen LogP contribution < -0.4 is 29.3 Å². The molecule has 2 rings (SSSR count). The van der Waals surface area contributed by atoms with Gasteiger partial charge in [0.1, 0.15) is 6.54 Å². The van der Waals surface area contributed by atoms with E-state index in [9.17, 15) is 4.79 Å². The van der Waals surface area contributed by atoms with E-state index in [0.29, 0.717) is 0 Å². The lowest BCUT2D eigenvalue weighted by Gasteiger charge is -2.41. The minimum absolute atomic E-state index is 0. The van der Waals surface area contributed by atoms with Crippen molar-refractivity contribution in [1.29, 1.82) is 0 Å². The first kappa shape index (κ1) is 18.7. The van der Waals surface area contributed by atoms with Gasteiger partial charge in [0.25, 0.3) is 0 Å². The van der Waals surface area contributed by atoms with Gasteiger partial charge in [-0.25, -0.2) is 4.79 Å². The van der Waals surface area contributed by atoms with Crippen LogP contribution in [-0.2, 0) is 0 Å². The molecule has 1 aromatic carbocycles. The van der Waals surface area contributed by atoms with Gasteiger partial charge in [-0.15, -0.1) is 0 Å². The quantitative estimate of drug-likeness (QED) is 0.429. The molecule has 0 unspecified atom stereocenters. The van der Waals surface area contributed by atoms with E-state index in [-0.39, 0.29) is 36.6 Å². The third-order valence-electron chi connectivity index (χ3n) is 3.82. The van der Waals surface area contributed by atoms with Gasteiger partial charge in [0.05, 0.1) is 39.8 Å². The molecule has 1 aromatic rings. The first-order valence-corrected chi connectivity index (χ1v) is 7.58. The zero-order chi connectivity index (χ0) is 14.6. The van der Waals surface area contributed by atoms with Gasteiger partial charge in [-0.2, -0.15) is 0 Å². The number of nitrogens with zero attached hydrogens (tertiary/aromatic N) is 2. The smallest absolute Gasteiger partial charge is 0.322 e. The van der Waals surface area contributed by atoms with E-state index in [1.807, 2.05) is 29.2 Å². The van der Waals surface area contributed by atoms with Gasteiger partial charge in [-0.3, -0.25) is 0 Å². The molecule has 1 fully saturated rings. The number of nitrogens with one attached hydrogen (secondary N) is 1. The number of halogens is 2. The molecule has 1 saturated heterocycles. The summed E-state index contributed by atoms with van der Waals surface area (Å²) in [4.78, 5) is 14.0. The molecule has 1 aliphatic heterocycles. The summed E-state index contributed by atoms with van der Waals surface area (Å²) in [6.45, 7) is 4.15. The van der Waals surface area contributed by atoms with E-state index in [2.05, 4.69) is 28.3 Å². The summed E-state index contributed by atoms with van der Waals surface area (Å²) in [6, 6.07) is 7.52.